The number of benzene rings is 2. The monoisotopic (exact) mass is 338 g/mol. The van der Waals surface area contributed by atoms with Gasteiger partial charge < -0.3 is 4.74 Å². The van der Waals surface area contributed by atoms with E-state index in [4.69, 9.17) is 4.74 Å². The Bertz CT molecular complexity index is 893. The molecule has 0 aliphatic heterocycles. The normalized spacial score (nSPS) is 13.5. The lowest BCUT2D eigenvalue weighted by Crippen LogP contribution is -2.13. The van der Waals surface area contributed by atoms with Gasteiger partial charge >= 0.3 is 0 Å². The number of thiazole rings is 1. The van der Waals surface area contributed by atoms with Crippen LogP contribution in [-0.4, -0.2) is 18.0 Å². The van der Waals surface area contributed by atoms with Crippen molar-refractivity contribution in [2.45, 2.75) is 25.7 Å². The SMILES string of the molecule is COc1cc2ccccc2cc1C(=O)Nc1nc2c(s1)CCCC2. The van der Waals surface area contributed by atoms with Crippen LogP contribution in [0.4, 0.5) is 5.13 Å². The van der Waals surface area contributed by atoms with Crippen LogP contribution in [0, 0.1) is 0 Å². The Hall–Kier alpha value is -2.40. The summed E-state index contributed by atoms with van der Waals surface area (Å²) in [6, 6.07) is 11.7. The minimum atomic E-state index is -0.177. The van der Waals surface area contributed by atoms with Gasteiger partial charge in [0.2, 0.25) is 0 Å². The van der Waals surface area contributed by atoms with Crippen LogP contribution in [0.15, 0.2) is 36.4 Å². The zero-order chi connectivity index (χ0) is 16.5. The van der Waals surface area contributed by atoms with Crippen LogP contribution in [0.25, 0.3) is 10.8 Å². The third-order valence-corrected chi connectivity index (χ3v) is 5.45. The first kappa shape index (κ1) is 15.1. The lowest BCUT2D eigenvalue weighted by molar-refractivity contribution is 0.102. The summed E-state index contributed by atoms with van der Waals surface area (Å²) in [5, 5.41) is 5.69. The second-order valence-corrected chi connectivity index (χ2v) is 7.03. The zero-order valence-corrected chi connectivity index (χ0v) is 14.3. The van der Waals surface area contributed by atoms with Crippen LogP contribution in [-0.2, 0) is 12.8 Å². The number of ether oxygens (including phenoxy) is 1. The van der Waals surface area contributed by atoms with Crippen molar-refractivity contribution in [3.8, 4) is 5.75 Å². The van der Waals surface area contributed by atoms with E-state index in [0.717, 1.165) is 29.3 Å². The first-order chi connectivity index (χ1) is 11.7. The molecule has 1 heterocycles. The quantitative estimate of drug-likeness (QED) is 0.768. The molecule has 0 saturated heterocycles. The van der Waals surface area contributed by atoms with E-state index >= 15 is 0 Å². The highest BCUT2D eigenvalue weighted by atomic mass is 32.1. The van der Waals surface area contributed by atoms with Crippen molar-refractivity contribution < 1.29 is 9.53 Å². The second-order valence-electron chi connectivity index (χ2n) is 5.95. The number of anilines is 1. The van der Waals surface area contributed by atoms with E-state index in [1.54, 1.807) is 18.4 Å². The first-order valence-electron chi connectivity index (χ1n) is 8.11. The summed E-state index contributed by atoms with van der Waals surface area (Å²) in [5.74, 6) is 0.399. The average Bonchev–Trinajstić information content (AvgIpc) is 3.02. The van der Waals surface area contributed by atoms with E-state index in [-0.39, 0.29) is 5.91 Å². The average molecular weight is 338 g/mol. The van der Waals surface area contributed by atoms with Crippen molar-refractivity contribution in [3.05, 3.63) is 52.5 Å². The fourth-order valence-corrected chi connectivity index (χ4v) is 4.18. The van der Waals surface area contributed by atoms with E-state index in [2.05, 4.69) is 10.3 Å². The van der Waals surface area contributed by atoms with Gasteiger partial charge in [-0.2, -0.15) is 0 Å². The van der Waals surface area contributed by atoms with Crippen LogP contribution in [0.1, 0.15) is 33.8 Å². The Morgan fingerprint density at radius 2 is 1.92 bits per heavy atom. The summed E-state index contributed by atoms with van der Waals surface area (Å²) in [7, 11) is 1.59. The predicted octanol–water partition coefficient (Wildman–Crippen LogP) is 4.44. The third kappa shape index (κ3) is 2.76. The Kier molecular flexibility index (Phi) is 3.94. The molecule has 3 aromatic rings. The van der Waals surface area contributed by atoms with Crippen molar-refractivity contribution in [2.24, 2.45) is 0 Å². The fraction of sp³-hybridized carbons (Fsp3) is 0.263. The molecular formula is C19H18N2O2S. The smallest absolute Gasteiger partial charge is 0.261 e. The molecule has 122 valence electrons. The Morgan fingerprint density at radius 1 is 1.17 bits per heavy atom. The van der Waals surface area contributed by atoms with Crippen LogP contribution >= 0.6 is 11.3 Å². The van der Waals surface area contributed by atoms with Crippen LogP contribution < -0.4 is 10.1 Å². The van der Waals surface area contributed by atoms with Gasteiger partial charge in [-0.3, -0.25) is 10.1 Å². The number of methoxy groups -OCH3 is 1. The lowest BCUT2D eigenvalue weighted by Gasteiger charge is -2.10. The maximum absolute atomic E-state index is 12.7. The maximum atomic E-state index is 12.7. The molecule has 0 spiro atoms. The van der Waals surface area contributed by atoms with Gasteiger partial charge in [-0.25, -0.2) is 4.98 Å². The number of hydrogen-bond donors (Lipinski definition) is 1. The Balaban J connectivity index is 1.66. The highest BCUT2D eigenvalue weighted by molar-refractivity contribution is 7.15. The number of carbonyl (C=O) groups is 1. The highest BCUT2D eigenvalue weighted by Crippen LogP contribution is 2.31. The van der Waals surface area contributed by atoms with Gasteiger partial charge in [0.1, 0.15) is 5.75 Å². The maximum Gasteiger partial charge on any atom is 0.261 e. The van der Waals surface area contributed by atoms with Gasteiger partial charge in [0.05, 0.1) is 18.4 Å². The van der Waals surface area contributed by atoms with E-state index in [9.17, 15) is 4.79 Å². The molecule has 24 heavy (non-hydrogen) atoms. The van der Waals surface area contributed by atoms with Crippen molar-refractivity contribution in [3.63, 3.8) is 0 Å². The fourth-order valence-electron chi connectivity index (χ4n) is 3.14. The van der Waals surface area contributed by atoms with Crippen LogP contribution in [0.3, 0.4) is 0 Å². The summed E-state index contributed by atoms with van der Waals surface area (Å²) < 4.78 is 5.42. The van der Waals surface area contributed by atoms with Gasteiger partial charge in [0, 0.05) is 4.88 Å². The van der Waals surface area contributed by atoms with E-state index < -0.39 is 0 Å². The number of rotatable bonds is 3. The topological polar surface area (TPSA) is 51.2 Å². The Labute approximate surface area is 144 Å². The molecule has 0 radical (unpaired) electrons. The number of hydrogen-bond acceptors (Lipinski definition) is 4. The predicted molar refractivity (Wildman–Crippen MR) is 97.2 cm³/mol. The standard InChI is InChI=1S/C19H18N2O2S/c1-23-16-11-13-7-3-2-6-12(13)10-14(16)18(22)21-19-20-15-8-4-5-9-17(15)24-19/h2-3,6-7,10-11H,4-5,8-9H2,1H3,(H,20,21,22). The van der Waals surface area contributed by atoms with Crippen molar-refractivity contribution in [2.75, 3.05) is 12.4 Å². The molecule has 1 N–H and O–H groups in total. The summed E-state index contributed by atoms with van der Waals surface area (Å²) in [5.41, 5.74) is 1.68. The highest BCUT2D eigenvalue weighted by Gasteiger charge is 2.19. The molecule has 4 rings (SSSR count). The molecule has 0 saturated carbocycles. The van der Waals surface area contributed by atoms with Gasteiger partial charge in [0.25, 0.3) is 5.91 Å². The molecule has 1 aromatic heterocycles. The summed E-state index contributed by atoms with van der Waals surface area (Å²) in [6.45, 7) is 0. The number of fused-ring (bicyclic) bond motifs is 2. The first-order valence-corrected chi connectivity index (χ1v) is 8.93. The molecule has 1 aliphatic carbocycles. The molecule has 1 amide bonds. The van der Waals surface area contributed by atoms with Gasteiger partial charge in [0.15, 0.2) is 5.13 Å². The summed E-state index contributed by atoms with van der Waals surface area (Å²) >= 11 is 1.59. The number of carbonyl (C=O) groups excluding carboxylic acids is 1. The van der Waals surface area contributed by atoms with E-state index in [1.165, 1.54) is 17.7 Å². The number of nitrogens with zero attached hydrogens (tertiary/aromatic N) is 1. The van der Waals surface area contributed by atoms with Crippen molar-refractivity contribution >= 4 is 33.1 Å². The van der Waals surface area contributed by atoms with Crippen molar-refractivity contribution in [1.29, 1.82) is 0 Å². The molecule has 2 aromatic carbocycles. The largest absolute Gasteiger partial charge is 0.496 e. The molecule has 0 atom stereocenters. The van der Waals surface area contributed by atoms with Gasteiger partial charge in [-0.1, -0.05) is 24.3 Å². The van der Waals surface area contributed by atoms with E-state index in [1.807, 2.05) is 36.4 Å². The van der Waals surface area contributed by atoms with Gasteiger partial charge in [-0.15, -0.1) is 11.3 Å². The van der Waals surface area contributed by atoms with Crippen molar-refractivity contribution in [1.82, 2.24) is 4.98 Å². The molecule has 0 bridgehead atoms. The number of nitrogens with one attached hydrogen (secondary N) is 1. The number of aromatic nitrogens is 1. The van der Waals surface area contributed by atoms with Crippen LogP contribution in [0.5, 0.6) is 5.75 Å². The minimum absolute atomic E-state index is 0.177. The lowest BCUT2D eigenvalue weighted by atomic mass is 10.0. The molecule has 4 nitrogen and oxygen atoms in total. The molecule has 5 heteroatoms. The number of amides is 1. The molecular weight excluding hydrogens is 320 g/mol. The number of aryl methyl sites for hydroxylation is 2. The summed E-state index contributed by atoms with van der Waals surface area (Å²) in [4.78, 5) is 18.6. The third-order valence-electron chi connectivity index (χ3n) is 4.38. The molecule has 0 fully saturated rings. The Morgan fingerprint density at radius 3 is 2.67 bits per heavy atom. The van der Waals surface area contributed by atoms with E-state index in [0.29, 0.717) is 16.4 Å². The summed E-state index contributed by atoms with van der Waals surface area (Å²) in [6.07, 6.45) is 4.48. The molecule has 0 unspecified atom stereocenters. The molecule has 1 aliphatic rings. The van der Waals surface area contributed by atoms with Crippen LogP contribution in [0.2, 0.25) is 0 Å². The minimum Gasteiger partial charge on any atom is -0.496 e. The van der Waals surface area contributed by atoms with Gasteiger partial charge in [-0.05, 0) is 48.6 Å². The zero-order valence-electron chi connectivity index (χ0n) is 13.5. The second kappa shape index (κ2) is 6.24.